The molecule has 94 valence electrons. The van der Waals surface area contributed by atoms with Crippen LogP contribution in [0.4, 0.5) is 0 Å². The fraction of sp³-hybridized carbons (Fsp3) is 0.312. The summed E-state index contributed by atoms with van der Waals surface area (Å²) in [4.78, 5) is 4.04. The number of nitrogens with zero attached hydrogens (tertiary/aromatic N) is 1. The van der Waals surface area contributed by atoms with Crippen LogP contribution in [0.25, 0.3) is 0 Å². The van der Waals surface area contributed by atoms with Gasteiger partial charge in [-0.2, -0.15) is 0 Å². The molecule has 1 unspecified atom stereocenters. The maximum Gasteiger partial charge on any atom is 0.0292 e. The Hall–Kier alpha value is -1.67. The first-order valence-electron chi connectivity index (χ1n) is 6.53. The second-order valence-electron chi connectivity index (χ2n) is 4.55. The normalized spacial score (nSPS) is 12.3. The molecule has 2 heteroatoms. The van der Waals surface area contributed by atoms with Crippen molar-refractivity contribution in [2.75, 3.05) is 6.54 Å². The number of benzene rings is 1. The number of rotatable bonds is 6. The van der Waals surface area contributed by atoms with Gasteiger partial charge in [-0.15, -0.1) is 0 Å². The summed E-state index contributed by atoms with van der Waals surface area (Å²) in [5.41, 5.74) is 2.71. The minimum Gasteiger partial charge on any atom is -0.310 e. The molecule has 0 aliphatic carbocycles. The van der Waals surface area contributed by atoms with Crippen molar-refractivity contribution in [3.63, 3.8) is 0 Å². The van der Waals surface area contributed by atoms with Crippen molar-refractivity contribution in [2.24, 2.45) is 0 Å². The molecule has 0 aliphatic heterocycles. The van der Waals surface area contributed by atoms with Crippen molar-refractivity contribution in [3.05, 3.63) is 66.0 Å². The summed E-state index contributed by atoms with van der Waals surface area (Å²) in [6, 6.07) is 15.2. The van der Waals surface area contributed by atoms with E-state index < -0.39 is 0 Å². The van der Waals surface area contributed by atoms with Gasteiger partial charge in [-0.05, 0) is 49.6 Å². The molecular weight excluding hydrogens is 220 g/mol. The number of pyridine rings is 1. The average Bonchev–Trinajstić information content (AvgIpc) is 2.45. The highest BCUT2D eigenvalue weighted by Crippen LogP contribution is 2.10. The number of hydrogen-bond donors (Lipinski definition) is 1. The van der Waals surface area contributed by atoms with Crippen molar-refractivity contribution in [1.82, 2.24) is 10.3 Å². The van der Waals surface area contributed by atoms with Gasteiger partial charge in [-0.25, -0.2) is 0 Å². The zero-order valence-electron chi connectivity index (χ0n) is 10.8. The molecule has 0 amide bonds. The molecule has 1 N–H and O–H groups in total. The molecule has 0 saturated heterocycles. The highest BCUT2D eigenvalue weighted by molar-refractivity contribution is 5.15. The quantitative estimate of drug-likeness (QED) is 0.783. The largest absolute Gasteiger partial charge is 0.310 e. The molecule has 1 heterocycles. The van der Waals surface area contributed by atoms with Crippen molar-refractivity contribution in [3.8, 4) is 0 Å². The lowest BCUT2D eigenvalue weighted by Gasteiger charge is -2.13. The second-order valence-corrected chi connectivity index (χ2v) is 4.55. The van der Waals surface area contributed by atoms with Crippen LogP contribution in [0.15, 0.2) is 54.9 Å². The first-order chi connectivity index (χ1) is 8.86. The van der Waals surface area contributed by atoms with Gasteiger partial charge in [0.2, 0.25) is 0 Å². The molecule has 0 saturated carbocycles. The fourth-order valence-corrected chi connectivity index (χ4v) is 2.03. The Morgan fingerprint density at radius 1 is 1.06 bits per heavy atom. The molecular formula is C16H20N2. The maximum absolute atomic E-state index is 4.04. The molecule has 1 aromatic carbocycles. The second kappa shape index (κ2) is 6.92. The number of aromatic nitrogens is 1. The van der Waals surface area contributed by atoms with Gasteiger partial charge in [0.1, 0.15) is 0 Å². The highest BCUT2D eigenvalue weighted by atomic mass is 14.9. The van der Waals surface area contributed by atoms with Gasteiger partial charge in [0, 0.05) is 18.4 Å². The summed E-state index contributed by atoms with van der Waals surface area (Å²) in [5, 5.41) is 3.54. The summed E-state index contributed by atoms with van der Waals surface area (Å²) in [7, 11) is 0. The highest BCUT2D eigenvalue weighted by Gasteiger charge is 2.02. The lowest BCUT2D eigenvalue weighted by atomic mass is 10.1. The van der Waals surface area contributed by atoms with E-state index in [0.717, 1.165) is 13.0 Å². The van der Waals surface area contributed by atoms with E-state index in [1.165, 1.54) is 17.5 Å². The van der Waals surface area contributed by atoms with E-state index in [-0.39, 0.29) is 0 Å². The Kier molecular flexibility index (Phi) is 4.91. The monoisotopic (exact) mass is 240 g/mol. The number of nitrogens with one attached hydrogen (secondary N) is 1. The van der Waals surface area contributed by atoms with Gasteiger partial charge < -0.3 is 5.32 Å². The van der Waals surface area contributed by atoms with Crippen molar-refractivity contribution >= 4 is 0 Å². The zero-order chi connectivity index (χ0) is 12.6. The Morgan fingerprint density at radius 2 is 1.78 bits per heavy atom. The van der Waals surface area contributed by atoms with Crippen LogP contribution in [0, 0.1) is 0 Å². The molecule has 18 heavy (non-hydrogen) atoms. The third-order valence-corrected chi connectivity index (χ3v) is 3.14. The Balaban J connectivity index is 1.70. The minimum absolute atomic E-state index is 0.392. The van der Waals surface area contributed by atoms with Crippen LogP contribution in [0.2, 0.25) is 0 Å². The van der Waals surface area contributed by atoms with Gasteiger partial charge in [-0.1, -0.05) is 30.3 Å². The predicted octanol–water partition coefficient (Wildman–Crippen LogP) is 3.37. The lowest BCUT2D eigenvalue weighted by Crippen LogP contribution is -2.20. The van der Waals surface area contributed by atoms with Crippen LogP contribution >= 0.6 is 0 Å². The Labute approximate surface area is 109 Å². The first kappa shape index (κ1) is 12.8. The maximum atomic E-state index is 4.04. The van der Waals surface area contributed by atoms with Crippen LogP contribution < -0.4 is 5.32 Å². The van der Waals surface area contributed by atoms with Crippen LogP contribution in [-0.2, 0) is 6.42 Å². The Bertz CT molecular complexity index is 439. The molecule has 2 rings (SSSR count). The SMILES string of the molecule is CC(NCCCc1ccccc1)c1ccncc1. The van der Waals surface area contributed by atoms with E-state index in [4.69, 9.17) is 0 Å². The lowest BCUT2D eigenvalue weighted by molar-refractivity contribution is 0.558. The summed E-state index contributed by atoms with van der Waals surface area (Å²) < 4.78 is 0. The zero-order valence-corrected chi connectivity index (χ0v) is 10.8. The molecule has 0 radical (unpaired) electrons. The summed E-state index contributed by atoms with van der Waals surface area (Å²) in [6.07, 6.45) is 5.99. The van der Waals surface area contributed by atoms with Gasteiger partial charge in [0.05, 0.1) is 0 Å². The molecule has 0 spiro atoms. The third kappa shape index (κ3) is 3.97. The van der Waals surface area contributed by atoms with Crippen LogP contribution in [-0.4, -0.2) is 11.5 Å². The molecule has 1 atom stereocenters. The van der Waals surface area contributed by atoms with E-state index in [0.29, 0.717) is 6.04 Å². The molecule has 0 bridgehead atoms. The van der Waals surface area contributed by atoms with E-state index >= 15 is 0 Å². The smallest absolute Gasteiger partial charge is 0.0292 e. The van der Waals surface area contributed by atoms with Crippen molar-refractivity contribution < 1.29 is 0 Å². The van der Waals surface area contributed by atoms with E-state index in [2.05, 4.69) is 59.7 Å². The molecule has 2 aromatic rings. The van der Waals surface area contributed by atoms with Gasteiger partial charge >= 0.3 is 0 Å². The summed E-state index contributed by atoms with van der Waals surface area (Å²) in [6.45, 7) is 3.23. The molecule has 1 aromatic heterocycles. The van der Waals surface area contributed by atoms with Gasteiger partial charge in [0.15, 0.2) is 0 Å². The van der Waals surface area contributed by atoms with Gasteiger partial charge in [0.25, 0.3) is 0 Å². The van der Waals surface area contributed by atoms with Crippen LogP contribution in [0.5, 0.6) is 0 Å². The van der Waals surface area contributed by atoms with E-state index in [1.54, 1.807) is 0 Å². The van der Waals surface area contributed by atoms with Crippen LogP contribution in [0.1, 0.15) is 30.5 Å². The van der Waals surface area contributed by atoms with Crippen molar-refractivity contribution in [2.45, 2.75) is 25.8 Å². The van der Waals surface area contributed by atoms with Crippen LogP contribution in [0.3, 0.4) is 0 Å². The number of aryl methyl sites for hydroxylation is 1. The summed E-state index contributed by atoms with van der Waals surface area (Å²) in [5.74, 6) is 0. The van der Waals surface area contributed by atoms with Gasteiger partial charge in [-0.3, -0.25) is 4.98 Å². The molecule has 0 fully saturated rings. The number of hydrogen-bond acceptors (Lipinski definition) is 2. The molecule has 2 nitrogen and oxygen atoms in total. The predicted molar refractivity (Wildman–Crippen MR) is 75.4 cm³/mol. The summed E-state index contributed by atoms with van der Waals surface area (Å²) >= 11 is 0. The fourth-order valence-electron chi connectivity index (χ4n) is 2.03. The third-order valence-electron chi connectivity index (χ3n) is 3.14. The minimum atomic E-state index is 0.392. The first-order valence-corrected chi connectivity index (χ1v) is 6.53. The van der Waals surface area contributed by atoms with Crippen molar-refractivity contribution in [1.29, 1.82) is 0 Å². The topological polar surface area (TPSA) is 24.9 Å². The van der Waals surface area contributed by atoms with E-state index in [9.17, 15) is 0 Å². The standard InChI is InChI=1S/C16H20N2/c1-14(16-9-12-17-13-10-16)18-11-5-8-15-6-3-2-4-7-15/h2-4,6-7,9-10,12-14,18H,5,8,11H2,1H3. The van der Waals surface area contributed by atoms with E-state index in [1.807, 2.05) is 12.4 Å². The average molecular weight is 240 g/mol. The Morgan fingerprint density at radius 3 is 2.50 bits per heavy atom. The molecule has 0 aliphatic rings.